The van der Waals surface area contributed by atoms with Crippen LogP contribution in [0.15, 0.2) is 59.6 Å². The van der Waals surface area contributed by atoms with Crippen LogP contribution in [0, 0.1) is 5.92 Å². The maximum Gasteiger partial charge on any atom is 0.326 e. The molecule has 0 aliphatic heterocycles. The summed E-state index contributed by atoms with van der Waals surface area (Å²) >= 11 is 0. The number of aliphatic imine (C=N–C) groups is 1. The first-order valence-electron chi connectivity index (χ1n) is 24.7. The molecule has 2 aromatic carbocycles. The van der Waals surface area contributed by atoms with Crippen LogP contribution < -0.4 is 59.7 Å². The molecule has 0 heterocycles. The van der Waals surface area contributed by atoms with E-state index < -0.39 is 165 Å². The number of hydrogen-bond donors (Lipinski definition) is 17. The molecule has 0 aromatic heterocycles. The number of nitrogens with one attached hydrogen (secondary N) is 8. The van der Waals surface area contributed by atoms with Crippen molar-refractivity contribution in [3.8, 4) is 5.75 Å². The lowest BCUT2D eigenvalue weighted by Gasteiger charge is -2.27. The van der Waals surface area contributed by atoms with Crippen molar-refractivity contribution >= 4 is 77.1 Å². The summed E-state index contributed by atoms with van der Waals surface area (Å²) in [5.41, 5.74) is 17.4. The Kier molecular flexibility index (Phi) is 28.5. The number of aliphatic carboxylic acids is 4. The van der Waals surface area contributed by atoms with Crippen LogP contribution in [-0.2, 0) is 70.4 Å². The second kappa shape index (κ2) is 34.0. The van der Waals surface area contributed by atoms with Gasteiger partial charge >= 0.3 is 23.9 Å². The zero-order valence-electron chi connectivity index (χ0n) is 43.3. The summed E-state index contributed by atoms with van der Waals surface area (Å²) in [5, 5.41) is 76.2. The number of carboxylic acids is 4. The number of carbonyl (C=O) groups excluding carboxylic acids is 8. The fourth-order valence-corrected chi connectivity index (χ4v) is 7.33. The summed E-state index contributed by atoms with van der Waals surface area (Å²) in [4.78, 5) is 159. The van der Waals surface area contributed by atoms with E-state index in [1.54, 1.807) is 44.2 Å². The zero-order valence-corrected chi connectivity index (χ0v) is 43.3. The Morgan fingerprint density at radius 1 is 0.532 bits per heavy atom. The molecule has 2 aromatic rings. The molecule has 0 bridgehead atoms. The van der Waals surface area contributed by atoms with Gasteiger partial charge in [0.1, 0.15) is 48.0 Å². The highest BCUT2D eigenvalue weighted by Gasteiger charge is 2.34. The van der Waals surface area contributed by atoms with Crippen molar-refractivity contribution in [2.45, 2.75) is 126 Å². The minimum absolute atomic E-state index is 0.00744. The lowest BCUT2D eigenvalue weighted by Crippen LogP contribution is -2.59. The number of benzene rings is 2. The number of phenols is 1. The highest BCUT2D eigenvalue weighted by Crippen LogP contribution is 2.13. The number of guanidine groups is 1. The SMILES string of the molecule is CC(C)C[C@H](NC(=O)[C@H](CO)NC(=O)[C@H](Cc1ccc(O)cc1)NC(=O)CNC(=O)[C@H](CCC(=O)O)NC(=O)[C@H](CCCN=C(N)N)NC(=O)[C@H](CCC(=O)O)NC(=O)[C@H](Cc1ccccc1)NC(=O)[C@@H](N)CC(=O)O)C(=O)O. The van der Waals surface area contributed by atoms with E-state index in [2.05, 4.69) is 47.5 Å². The number of rotatable bonds is 36. The van der Waals surface area contributed by atoms with Gasteiger partial charge in [0.05, 0.1) is 25.6 Å². The Morgan fingerprint density at radius 3 is 1.46 bits per heavy atom. The van der Waals surface area contributed by atoms with Crippen LogP contribution >= 0.6 is 0 Å². The summed E-state index contributed by atoms with van der Waals surface area (Å²) in [6.07, 6.45) is -4.34. The number of aliphatic hydroxyl groups excluding tert-OH is 1. The Balaban J connectivity index is 2.42. The molecule has 0 spiro atoms. The molecule has 0 aliphatic carbocycles. The molecular weight excluding hydrogens is 1040 g/mol. The van der Waals surface area contributed by atoms with Crippen LogP contribution in [0.3, 0.4) is 0 Å². The zero-order chi connectivity index (χ0) is 59.4. The van der Waals surface area contributed by atoms with Gasteiger partial charge in [0, 0.05) is 32.2 Å². The Labute approximate surface area is 452 Å². The average molecular weight is 1120 g/mol. The summed E-state index contributed by atoms with van der Waals surface area (Å²) in [6.45, 7) is 1.36. The van der Waals surface area contributed by atoms with Crippen molar-refractivity contribution in [3.63, 3.8) is 0 Å². The van der Waals surface area contributed by atoms with Gasteiger partial charge in [-0.3, -0.25) is 57.7 Å². The smallest absolute Gasteiger partial charge is 0.326 e. The van der Waals surface area contributed by atoms with E-state index in [1.807, 2.05) is 0 Å². The molecule has 30 nitrogen and oxygen atoms in total. The number of amides is 8. The second-order valence-electron chi connectivity index (χ2n) is 18.4. The summed E-state index contributed by atoms with van der Waals surface area (Å²) in [6, 6.07) is 0.527. The Bertz CT molecular complexity index is 2480. The number of aromatic hydroxyl groups is 1. The number of carbonyl (C=O) groups is 12. The van der Waals surface area contributed by atoms with Gasteiger partial charge in [0.2, 0.25) is 47.3 Å². The van der Waals surface area contributed by atoms with E-state index in [0.29, 0.717) is 11.1 Å². The molecule has 79 heavy (non-hydrogen) atoms. The van der Waals surface area contributed by atoms with Gasteiger partial charge in [0.25, 0.3) is 0 Å². The van der Waals surface area contributed by atoms with E-state index in [1.165, 1.54) is 24.3 Å². The van der Waals surface area contributed by atoms with E-state index >= 15 is 0 Å². The van der Waals surface area contributed by atoms with Crippen molar-refractivity contribution in [2.75, 3.05) is 19.7 Å². The lowest BCUT2D eigenvalue weighted by molar-refractivity contribution is -0.143. The molecule has 8 atom stereocenters. The highest BCUT2D eigenvalue weighted by molar-refractivity contribution is 5.98. The third-order valence-electron chi connectivity index (χ3n) is 11.4. The molecule has 0 unspecified atom stereocenters. The number of carboxylic acid groups (broad SMARTS) is 4. The van der Waals surface area contributed by atoms with E-state index in [9.17, 15) is 83.1 Å². The molecule has 30 heteroatoms. The quantitative estimate of drug-likeness (QED) is 0.0173. The minimum atomic E-state index is -1.75. The average Bonchev–Trinajstić information content (AvgIpc) is 3.37. The monoisotopic (exact) mass is 1110 g/mol. The van der Waals surface area contributed by atoms with Gasteiger partial charge in [-0.05, 0) is 61.3 Å². The first-order chi connectivity index (χ1) is 37.2. The maximum atomic E-state index is 14.1. The van der Waals surface area contributed by atoms with Gasteiger partial charge in [-0.1, -0.05) is 56.3 Å². The van der Waals surface area contributed by atoms with Crippen LogP contribution in [0.2, 0.25) is 0 Å². The minimum Gasteiger partial charge on any atom is -0.508 e. The number of nitrogens with zero attached hydrogens (tertiary/aromatic N) is 1. The van der Waals surface area contributed by atoms with Crippen molar-refractivity contribution in [2.24, 2.45) is 28.1 Å². The standard InChI is InChI=1S/C49H70N12O18/c1-25(2)19-35(48(78)79)60-47(77)36(24-62)61-45(75)33(21-27-10-12-28(63)13-11-27)55-37(64)23-54-42(72)31(14-16-38(65)66)57-43(73)30(9-6-18-53-49(51)52)56-44(74)32(15-17-39(67)68)58-46(76)34(20-26-7-4-3-5-8-26)59-41(71)29(50)22-40(69)70/h3-5,7-8,10-13,25,29-36,62-63H,6,9,14-24,50H2,1-2H3,(H,54,72)(H,55,64)(H,56,74)(H,57,73)(H,58,76)(H,59,71)(H,60,77)(H,61,75)(H,65,66)(H,67,68)(H,69,70)(H,78,79)(H4,51,52,53)/t29-,30-,31-,32-,33-,34-,35-,36-/m0/s1. The Morgan fingerprint density at radius 2 is 0.975 bits per heavy atom. The fraction of sp³-hybridized carbons (Fsp3) is 0.490. The van der Waals surface area contributed by atoms with Crippen molar-refractivity contribution in [1.29, 1.82) is 0 Å². The summed E-state index contributed by atoms with van der Waals surface area (Å²) < 4.78 is 0. The first-order valence-corrected chi connectivity index (χ1v) is 24.7. The molecule has 2 rings (SSSR count). The predicted octanol–water partition coefficient (Wildman–Crippen LogP) is -4.60. The molecule has 0 aliphatic rings. The van der Waals surface area contributed by atoms with Crippen LogP contribution in [0.1, 0.15) is 76.3 Å². The Hall–Kier alpha value is -8.93. The maximum absolute atomic E-state index is 14.1. The molecule has 0 radical (unpaired) electrons. The van der Waals surface area contributed by atoms with Crippen LogP contribution in [0.25, 0.3) is 0 Å². The second-order valence-corrected chi connectivity index (χ2v) is 18.4. The van der Waals surface area contributed by atoms with Crippen molar-refractivity contribution in [3.05, 3.63) is 65.7 Å². The molecule has 0 fully saturated rings. The highest BCUT2D eigenvalue weighted by atomic mass is 16.4. The fourth-order valence-electron chi connectivity index (χ4n) is 7.33. The lowest BCUT2D eigenvalue weighted by atomic mass is 10.0. The third-order valence-corrected chi connectivity index (χ3v) is 11.4. The summed E-state index contributed by atoms with van der Waals surface area (Å²) in [7, 11) is 0. The molecule has 8 amide bonds. The van der Waals surface area contributed by atoms with Crippen LogP contribution in [0.5, 0.6) is 5.75 Å². The van der Waals surface area contributed by atoms with E-state index in [4.69, 9.17) is 22.3 Å². The summed E-state index contributed by atoms with van der Waals surface area (Å²) in [5.74, 6) is -15.0. The van der Waals surface area contributed by atoms with Gasteiger partial charge in [0.15, 0.2) is 5.96 Å². The molecule has 0 saturated carbocycles. The third kappa shape index (κ3) is 26.1. The normalized spacial score (nSPS) is 13.9. The number of phenolic OH excluding ortho intramolecular Hbond substituents is 1. The van der Waals surface area contributed by atoms with Gasteiger partial charge in [-0.25, -0.2) is 4.79 Å². The largest absolute Gasteiger partial charge is 0.508 e. The van der Waals surface area contributed by atoms with Gasteiger partial charge < -0.3 is 90.4 Å². The molecule has 20 N–H and O–H groups in total. The van der Waals surface area contributed by atoms with Crippen molar-refractivity contribution < 1.29 is 88.2 Å². The van der Waals surface area contributed by atoms with Gasteiger partial charge in [-0.2, -0.15) is 0 Å². The van der Waals surface area contributed by atoms with Crippen LogP contribution in [0.4, 0.5) is 0 Å². The molecule has 434 valence electrons. The van der Waals surface area contributed by atoms with E-state index in [0.717, 1.165) is 0 Å². The van der Waals surface area contributed by atoms with E-state index in [-0.39, 0.29) is 56.3 Å². The molecular formula is C49H70N12O18. The van der Waals surface area contributed by atoms with Crippen LogP contribution in [-0.4, -0.2) is 176 Å². The van der Waals surface area contributed by atoms with Crippen molar-refractivity contribution in [1.82, 2.24) is 42.5 Å². The number of hydrogen-bond acceptors (Lipinski definition) is 16. The van der Waals surface area contributed by atoms with Gasteiger partial charge in [-0.15, -0.1) is 0 Å². The molecule has 0 saturated heterocycles. The number of aliphatic hydroxyl groups is 1. The number of nitrogens with two attached hydrogens (primary N) is 3. The predicted molar refractivity (Wildman–Crippen MR) is 277 cm³/mol. The topological polar surface area (TPSA) is 513 Å². The first kappa shape index (κ1) is 66.2.